The molecule has 2 aromatic carbocycles. The molecule has 0 atom stereocenters. The Labute approximate surface area is 150 Å². The van der Waals surface area contributed by atoms with E-state index in [0.717, 1.165) is 15.1 Å². The van der Waals surface area contributed by atoms with E-state index in [-0.39, 0.29) is 15.0 Å². The van der Waals surface area contributed by atoms with E-state index < -0.39 is 0 Å². The second kappa shape index (κ2) is 7.48. The van der Waals surface area contributed by atoms with Crippen LogP contribution < -0.4 is 4.46 Å². The molecule has 0 saturated heterocycles. The van der Waals surface area contributed by atoms with E-state index in [1.165, 1.54) is 8.93 Å². The molecule has 0 nitrogen and oxygen atoms in total. The summed E-state index contributed by atoms with van der Waals surface area (Å²) in [5.74, 6) is 0.302. The van der Waals surface area contributed by atoms with Crippen molar-refractivity contribution in [1.82, 2.24) is 0 Å². The number of rotatable bonds is 4. The van der Waals surface area contributed by atoms with Crippen LogP contribution in [0, 0.1) is 5.92 Å². The zero-order chi connectivity index (χ0) is 15.4. The summed E-state index contributed by atoms with van der Waals surface area (Å²) in [6.07, 6.45) is 8.61. The Morgan fingerprint density at radius 2 is 1.55 bits per heavy atom. The topological polar surface area (TPSA) is 0 Å². The van der Waals surface area contributed by atoms with Crippen molar-refractivity contribution < 1.29 is 0 Å². The van der Waals surface area contributed by atoms with Crippen molar-refractivity contribution >= 4 is 52.0 Å². The van der Waals surface area contributed by atoms with Gasteiger partial charge in [-0.25, -0.2) is 0 Å². The van der Waals surface area contributed by atoms with Crippen LogP contribution >= 0.6 is 27.5 Å². The van der Waals surface area contributed by atoms with E-state index in [4.69, 9.17) is 11.6 Å². The van der Waals surface area contributed by atoms with Crippen LogP contribution in [0.4, 0.5) is 0 Å². The number of halogens is 2. The van der Waals surface area contributed by atoms with Crippen LogP contribution in [0.15, 0.2) is 87.8 Å². The minimum atomic E-state index is 0.203. The van der Waals surface area contributed by atoms with E-state index in [1.807, 2.05) is 12.1 Å². The van der Waals surface area contributed by atoms with Crippen molar-refractivity contribution in [3.05, 3.63) is 93.4 Å². The fourth-order valence-corrected chi connectivity index (χ4v) is 5.13. The molecule has 0 unspecified atom stereocenters. The zero-order valence-electron chi connectivity index (χ0n) is 11.7. The minimum absolute atomic E-state index is 0.203. The van der Waals surface area contributed by atoms with Crippen LogP contribution in [0.2, 0.25) is 0 Å². The molecule has 1 aliphatic carbocycles. The molecule has 0 aliphatic heterocycles. The van der Waals surface area contributed by atoms with Gasteiger partial charge in [-0.15, -0.1) is 0 Å². The van der Waals surface area contributed by atoms with Gasteiger partial charge in [0.25, 0.3) is 0 Å². The molecule has 0 saturated carbocycles. The molecule has 0 bridgehead atoms. The Bertz CT molecular complexity index is 718. The van der Waals surface area contributed by atoms with Crippen molar-refractivity contribution in [2.45, 2.75) is 0 Å². The first kappa shape index (κ1) is 15.8. The fraction of sp³-hybridized carbons (Fsp3) is 0.0526. The third-order valence-electron chi connectivity index (χ3n) is 3.34. The van der Waals surface area contributed by atoms with Crippen LogP contribution in [0.1, 0.15) is 5.56 Å². The summed E-state index contributed by atoms with van der Waals surface area (Å²) in [5, 5.41) is 0.873. The molecule has 110 valence electrons. The summed E-state index contributed by atoms with van der Waals surface area (Å²) in [6.45, 7) is 0. The van der Waals surface area contributed by atoms with Crippen molar-refractivity contribution in [3.63, 3.8) is 0 Å². The van der Waals surface area contributed by atoms with E-state index in [2.05, 4.69) is 82.7 Å². The van der Waals surface area contributed by atoms with Crippen molar-refractivity contribution in [2.24, 2.45) is 5.92 Å². The molecule has 0 heterocycles. The van der Waals surface area contributed by atoms with E-state index in [1.54, 1.807) is 0 Å². The summed E-state index contributed by atoms with van der Waals surface area (Å²) in [7, 11) is 0. The molecular weight excluding hydrogens is 423 g/mol. The normalized spacial score (nSPS) is 15.2. The Morgan fingerprint density at radius 3 is 2.18 bits per heavy atom. The molecule has 0 radical (unpaired) electrons. The SMILES string of the molecule is Cl/C(=C(/[Se]c1ccccc1)C1C=CC=C1)c1ccc(Br)cc1. The van der Waals surface area contributed by atoms with Gasteiger partial charge in [-0.3, -0.25) is 0 Å². The van der Waals surface area contributed by atoms with E-state index in [0.29, 0.717) is 5.92 Å². The van der Waals surface area contributed by atoms with E-state index in [9.17, 15) is 0 Å². The van der Waals surface area contributed by atoms with Crippen LogP contribution in [0.3, 0.4) is 0 Å². The van der Waals surface area contributed by atoms with Gasteiger partial charge in [-0.1, -0.05) is 0 Å². The second-order valence-electron chi connectivity index (χ2n) is 4.90. The second-order valence-corrected chi connectivity index (χ2v) is 8.53. The predicted octanol–water partition coefficient (Wildman–Crippen LogP) is 5.13. The maximum atomic E-state index is 6.77. The van der Waals surface area contributed by atoms with Crippen molar-refractivity contribution in [2.75, 3.05) is 0 Å². The number of benzene rings is 2. The zero-order valence-corrected chi connectivity index (χ0v) is 15.8. The van der Waals surface area contributed by atoms with Gasteiger partial charge in [0.15, 0.2) is 0 Å². The Balaban J connectivity index is 2.00. The molecule has 0 amide bonds. The first-order chi connectivity index (χ1) is 10.7. The number of hydrogen-bond acceptors (Lipinski definition) is 0. The van der Waals surface area contributed by atoms with Crippen LogP contribution in [-0.2, 0) is 0 Å². The van der Waals surface area contributed by atoms with Crippen molar-refractivity contribution in [1.29, 1.82) is 0 Å². The maximum absolute atomic E-state index is 6.77. The first-order valence-corrected chi connectivity index (χ1v) is 9.86. The third kappa shape index (κ3) is 3.83. The average Bonchev–Trinajstić information content (AvgIpc) is 3.08. The van der Waals surface area contributed by atoms with Crippen molar-refractivity contribution in [3.8, 4) is 0 Å². The molecule has 0 fully saturated rings. The molecule has 3 rings (SSSR count). The third-order valence-corrected chi connectivity index (χ3v) is 7.07. The molecule has 1 aliphatic rings. The summed E-state index contributed by atoms with van der Waals surface area (Å²) < 4.78 is 3.71. The summed E-state index contributed by atoms with van der Waals surface area (Å²) in [6, 6.07) is 18.8. The summed E-state index contributed by atoms with van der Waals surface area (Å²) in [5.41, 5.74) is 1.08. The summed E-state index contributed by atoms with van der Waals surface area (Å²) >= 11 is 10.4. The fourth-order valence-electron chi connectivity index (χ4n) is 2.22. The Kier molecular flexibility index (Phi) is 5.38. The predicted molar refractivity (Wildman–Crippen MR) is 101 cm³/mol. The van der Waals surface area contributed by atoms with Gasteiger partial charge in [0.2, 0.25) is 0 Å². The van der Waals surface area contributed by atoms with Gasteiger partial charge in [-0.05, 0) is 0 Å². The van der Waals surface area contributed by atoms with Crippen LogP contribution in [-0.4, -0.2) is 15.0 Å². The number of hydrogen-bond donors (Lipinski definition) is 0. The number of allylic oxidation sites excluding steroid dienone is 5. The van der Waals surface area contributed by atoms with Crippen LogP contribution in [0.5, 0.6) is 0 Å². The Morgan fingerprint density at radius 1 is 0.909 bits per heavy atom. The monoisotopic (exact) mass is 436 g/mol. The van der Waals surface area contributed by atoms with Gasteiger partial charge in [-0.2, -0.15) is 0 Å². The van der Waals surface area contributed by atoms with Gasteiger partial charge in [0.05, 0.1) is 0 Å². The average molecular weight is 437 g/mol. The van der Waals surface area contributed by atoms with Gasteiger partial charge in [0.1, 0.15) is 0 Å². The van der Waals surface area contributed by atoms with Gasteiger partial charge >= 0.3 is 151 Å². The van der Waals surface area contributed by atoms with Gasteiger partial charge < -0.3 is 0 Å². The van der Waals surface area contributed by atoms with Crippen LogP contribution in [0.25, 0.3) is 5.03 Å². The molecular formula is C19H14BrClSe. The summed E-state index contributed by atoms with van der Waals surface area (Å²) in [4.78, 5) is 0. The standard InChI is InChI=1S/C19H14BrClSe/c20-16-12-10-14(11-13-16)18(21)19(15-6-4-5-7-15)22-17-8-2-1-3-9-17/h1-13,15H/b19-18+. The van der Waals surface area contributed by atoms with Gasteiger partial charge in [0, 0.05) is 0 Å². The van der Waals surface area contributed by atoms with E-state index >= 15 is 0 Å². The first-order valence-electron chi connectivity index (χ1n) is 6.97. The molecule has 3 heteroatoms. The molecule has 22 heavy (non-hydrogen) atoms. The molecule has 0 spiro atoms. The molecule has 2 aromatic rings. The Hall–Kier alpha value is -1.05. The quantitative estimate of drug-likeness (QED) is 0.583. The molecule has 0 aromatic heterocycles. The molecule has 0 N–H and O–H groups in total.